The summed E-state index contributed by atoms with van der Waals surface area (Å²) in [6.07, 6.45) is 1.75. The number of rotatable bonds is 1. The number of aliphatic hydroxyl groups is 1. The van der Waals surface area contributed by atoms with Crippen LogP contribution in [0.1, 0.15) is 23.3 Å². The second kappa shape index (κ2) is 3.22. The molecule has 2 rings (SSSR count). The summed E-state index contributed by atoms with van der Waals surface area (Å²) >= 11 is 6.96. The van der Waals surface area contributed by atoms with Crippen LogP contribution in [0.2, 0.25) is 4.34 Å². The van der Waals surface area contributed by atoms with Gasteiger partial charge in [0.05, 0.1) is 9.21 Å². The van der Waals surface area contributed by atoms with E-state index in [2.05, 4.69) is 0 Å². The number of carbonyl (C=O) groups is 1. The predicted molar refractivity (Wildman–Crippen MR) is 53.8 cm³/mol. The van der Waals surface area contributed by atoms with Gasteiger partial charge in [-0.15, -0.1) is 11.3 Å². The van der Waals surface area contributed by atoms with Crippen molar-refractivity contribution in [3.05, 3.63) is 20.8 Å². The van der Waals surface area contributed by atoms with Crippen LogP contribution in [0.15, 0.2) is 6.07 Å². The molecule has 0 amide bonds. The predicted octanol–water partition coefficient (Wildman–Crippen LogP) is 2.01. The van der Waals surface area contributed by atoms with Crippen molar-refractivity contribution >= 4 is 28.9 Å². The average Bonchev–Trinajstić information content (AvgIpc) is 2.47. The summed E-state index contributed by atoms with van der Waals surface area (Å²) in [4.78, 5) is 11.5. The van der Waals surface area contributed by atoms with Crippen LogP contribution in [0.3, 0.4) is 0 Å². The average molecular weight is 233 g/mol. The zero-order valence-corrected chi connectivity index (χ0v) is 8.86. The van der Waals surface area contributed by atoms with E-state index in [1.807, 2.05) is 0 Å². The summed E-state index contributed by atoms with van der Waals surface area (Å²) in [7, 11) is 0. The van der Waals surface area contributed by atoms with Gasteiger partial charge in [0.1, 0.15) is 0 Å². The highest BCUT2D eigenvalue weighted by Crippen LogP contribution is 2.42. The minimum absolute atomic E-state index is 0.270. The number of carboxylic acids is 1. The molecule has 1 heterocycles. The molecule has 0 spiro atoms. The normalized spacial score (nSPS) is 25.9. The summed E-state index contributed by atoms with van der Waals surface area (Å²) in [5, 5.41) is 18.9. The Labute approximate surface area is 89.9 Å². The maximum Gasteiger partial charge on any atom is 0.341 e. The molecular formula is C9H9ClO3S. The lowest BCUT2D eigenvalue weighted by Gasteiger charge is -2.27. The Hall–Kier alpha value is -0.580. The third-order valence-electron chi connectivity index (χ3n) is 2.49. The van der Waals surface area contributed by atoms with Crippen molar-refractivity contribution < 1.29 is 15.0 Å². The maximum atomic E-state index is 11.0. The first-order valence-electron chi connectivity index (χ1n) is 4.28. The van der Waals surface area contributed by atoms with Crippen molar-refractivity contribution in [2.45, 2.75) is 24.9 Å². The van der Waals surface area contributed by atoms with Crippen molar-refractivity contribution in [2.24, 2.45) is 0 Å². The van der Waals surface area contributed by atoms with Gasteiger partial charge in [0, 0.05) is 0 Å². The van der Waals surface area contributed by atoms with Gasteiger partial charge in [0.25, 0.3) is 0 Å². The largest absolute Gasteiger partial charge is 0.479 e. The van der Waals surface area contributed by atoms with Crippen molar-refractivity contribution in [2.75, 3.05) is 0 Å². The van der Waals surface area contributed by atoms with E-state index in [9.17, 15) is 9.90 Å². The summed E-state index contributed by atoms with van der Waals surface area (Å²) in [6, 6.07) is 1.74. The Bertz CT molecular complexity index is 387. The standard InChI is InChI=1S/C9H9ClO3S/c10-6-4-5-2-1-3-9(13,8(11)12)7(5)14-6/h4,13H,1-3H2,(H,11,12). The van der Waals surface area contributed by atoms with Crippen LogP contribution < -0.4 is 0 Å². The van der Waals surface area contributed by atoms with E-state index < -0.39 is 11.6 Å². The van der Waals surface area contributed by atoms with E-state index in [0.717, 1.165) is 23.3 Å². The molecule has 0 fully saturated rings. The lowest BCUT2D eigenvalue weighted by molar-refractivity contribution is -0.160. The van der Waals surface area contributed by atoms with E-state index in [4.69, 9.17) is 16.7 Å². The minimum Gasteiger partial charge on any atom is -0.479 e. The van der Waals surface area contributed by atoms with E-state index in [1.165, 1.54) is 0 Å². The highest BCUT2D eigenvalue weighted by atomic mass is 35.5. The molecule has 0 aliphatic heterocycles. The molecule has 1 atom stereocenters. The van der Waals surface area contributed by atoms with E-state index >= 15 is 0 Å². The first-order chi connectivity index (χ1) is 6.54. The second-order valence-corrected chi connectivity index (χ2v) is 5.11. The Balaban J connectivity index is 2.54. The van der Waals surface area contributed by atoms with Gasteiger partial charge < -0.3 is 10.2 Å². The van der Waals surface area contributed by atoms with Crippen molar-refractivity contribution in [1.82, 2.24) is 0 Å². The molecule has 0 saturated heterocycles. The molecule has 0 bridgehead atoms. The van der Waals surface area contributed by atoms with Crippen molar-refractivity contribution in [3.8, 4) is 0 Å². The fourth-order valence-electron chi connectivity index (χ4n) is 1.78. The molecule has 1 aliphatic carbocycles. The van der Waals surface area contributed by atoms with Crippen LogP contribution in [0.25, 0.3) is 0 Å². The Morgan fingerprint density at radius 3 is 3.00 bits per heavy atom. The summed E-state index contributed by atoms with van der Waals surface area (Å²) < 4.78 is 0.538. The molecule has 1 aromatic rings. The Kier molecular flexibility index (Phi) is 2.29. The van der Waals surface area contributed by atoms with Crippen LogP contribution in [-0.4, -0.2) is 16.2 Å². The number of fused-ring (bicyclic) bond motifs is 1. The first-order valence-corrected chi connectivity index (χ1v) is 5.48. The van der Waals surface area contributed by atoms with Gasteiger partial charge in [-0.3, -0.25) is 0 Å². The second-order valence-electron chi connectivity index (χ2n) is 3.42. The third-order valence-corrected chi connectivity index (χ3v) is 3.95. The van der Waals surface area contributed by atoms with Gasteiger partial charge in [0.15, 0.2) is 5.60 Å². The molecule has 3 nitrogen and oxygen atoms in total. The molecule has 0 radical (unpaired) electrons. The SMILES string of the molecule is O=C(O)C1(O)CCCc2cc(Cl)sc21. The fourth-order valence-corrected chi connectivity index (χ4v) is 3.19. The smallest absolute Gasteiger partial charge is 0.341 e. The number of carboxylic acid groups (broad SMARTS) is 1. The number of hydrogen-bond acceptors (Lipinski definition) is 3. The van der Waals surface area contributed by atoms with Gasteiger partial charge in [-0.2, -0.15) is 0 Å². The lowest BCUT2D eigenvalue weighted by Crippen LogP contribution is -2.37. The van der Waals surface area contributed by atoms with Crippen LogP contribution in [0, 0.1) is 0 Å². The van der Waals surface area contributed by atoms with Crippen molar-refractivity contribution in [1.29, 1.82) is 0 Å². The molecule has 0 aromatic carbocycles. The number of thiophene rings is 1. The van der Waals surface area contributed by atoms with Crippen LogP contribution >= 0.6 is 22.9 Å². The lowest BCUT2D eigenvalue weighted by atomic mass is 9.85. The summed E-state index contributed by atoms with van der Waals surface area (Å²) in [5.74, 6) is -1.18. The molecule has 1 unspecified atom stereocenters. The topological polar surface area (TPSA) is 57.5 Å². The molecule has 1 aliphatic rings. The van der Waals surface area contributed by atoms with Gasteiger partial charge in [0.2, 0.25) is 0 Å². The minimum atomic E-state index is -1.72. The quantitative estimate of drug-likeness (QED) is 0.779. The van der Waals surface area contributed by atoms with Crippen LogP contribution in [-0.2, 0) is 16.8 Å². The fraction of sp³-hybridized carbons (Fsp3) is 0.444. The number of aryl methyl sites for hydroxylation is 1. The highest BCUT2D eigenvalue weighted by molar-refractivity contribution is 7.16. The van der Waals surface area contributed by atoms with E-state index in [-0.39, 0.29) is 6.42 Å². The number of halogens is 1. The van der Waals surface area contributed by atoms with Crippen molar-refractivity contribution in [3.63, 3.8) is 0 Å². The molecule has 2 N–H and O–H groups in total. The molecule has 14 heavy (non-hydrogen) atoms. The molecule has 76 valence electrons. The molecule has 1 aromatic heterocycles. The van der Waals surface area contributed by atoms with Crippen LogP contribution in [0.4, 0.5) is 0 Å². The zero-order chi connectivity index (χ0) is 10.3. The van der Waals surface area contributed by atoms with E-state index in [1.54, 1.807) is 6.07 Å². The van der Waals surface area contributed by atoms with Crippen LogP contribution in [0.5, 0.6) is 0 Å². The number of aliphatic carboxylic acids is 1. The maximum absolute atomic E-state index is 11.0. The molecule has 5 heteroatoms. The van der Waals surface area contributed by atoms with Gasteiger partial charge in [-0.25, -0.2) is 4.79 Å². The first kappa shape index (κ1) is 9.96. The van der Waals surface area contributed by atoms with E-state index in [0.29, 0.717) is 15.6 Å². The molecular weight excluding hydrogens is 224 g/mol. The monoisotopic (exact) mass is 232 g/mol. The summed E-state index contributed by atoms with van der Waals surface area (Å²) in [6.45, 7) is 0. The molecule has 0 saturated carbocycles. The zero-order valence-electron chi connectivity index (χ0n) is 7.29. The Morgan fingerprint density at radius 2 is 2.36 bits per heavy atom. The summed E-state index contributed by atoms with van der Waals surface area (Å²) in [5.41, 5.74) is -0.845. The van der Waals surface area contributed by atoms with Gasteiger partial charge in [-0.1, -0.05) is 11.6 Å². The third kappa shape index (κ3) is 1.34. The van der Waals surface area contributed by atoms with Gasteiger partial charge in [-0.05, 0) is 30.9 Å². The Morgan fingerprint density at radius 1 is 1.64 bits per heavy atom. The highest BCUT2D eigenvalue weighted by Gasteiger charge is 2.43. The number of hydrogen-bond donors (Lipinski definition) is 2. The van der Waals surface area contributed by atoms with Gasteiger partial charge >= 0.3 is 5.97 Å².